The Morgan fingerprint density at radius 2 is 1.46 bits per heavy atom. The molecular formula is C38H58N2O6. The van der Waals surface area contributed by atoms with Gasteiger partial charge in [0.15, 0.2) is 0 Å². The molecule has 1 aromatic rings. The van der Waals surface area contributed by atoms with Gasteiger partial charge in [0.05, 0.1) is 19.3 Å². The minimum Gasteiger partial charge on any atom is -0.493 e. The summed E-state index contributed by atoms with van der Waals surface area (Å²) in [5, 5.41) is 12.0. The minimum atomic E-state index is -0.661. The molecule has 4 fully saturated rings. The van der Waals surface area contributed by atoms with E-state index in [1.54, 1.807) is 0 Å². The fraction of sp³-hybridized carbons (Fsp3) is 0.763. The van der Waals surface area contributed by atoms with Gasteiger partial charge in [-0.15, -0.1) is 0 Å². The number of aliphatic hydroxyl groups excluding tert-OH is 1. The number of nitrogens with two attached hydrogens (primary N) is 2. The van der Waals surface area contributed by atoms with Crippen molar-refractivity contribution in [2.45, 2.75) is 123 Å². The molecule has 8 heteroatoms. The molecular weight excluding hydrogens is 580 g/mol. The van der Waals surface area contributed by atoms with Gasteiger partial charge in [0.2, 0.25) is 11.8 Å². The first kappa shape index (κ1) is 34.7. The van der Waals surface area contributed by atoms with E-state index in [4.69, 9.17) is 20.9 Å². The molecule has 5 rings (SSSR count). The van der Waals surface area contributed by atoms with E-state index >= 15 is 0 Å². The molecule has 5 N–H and O–H groups in total. The molecule has 1 aromatic carbocycles. The molecule has 4 aliphatic carbocycles. The number of Topliss-reactive ketones (excluding diaryl/α,β-unsaturated/α-hetero) is 1. The summed E-state index contributed by atoms with van der Waals surface area (Å²) in [5.74, 6) is 4.31. The van der Waals surface area contributed by atoms with Crippen LogP contribution in [0.4, 0.5) is 0 Å². The van der Waals surface area contributed by atoms with Crippen molar-refractivity contribution < 1.29 is 29.0 Å². The van der Waals surface area contributed by atoms with Crippen molar-refractivity contribution in [3.63, 3.8) is 0 Å². The predicted octanol–water partition coefficient (Wildman–Crippen LogP) is 6.65. The highest BCUT2D eigenvalue weighted by Crippen LogP contribution is 2.68. The summed E-state index contributed by atoms with van der Waals surface area (Å²) in [6.07, 6.45) is 12.6. The molecule has 0 radical (unpaired) electrons. The Balaban J connectivity index is 1.28. The molecule has 0 saturated heterocycles. The van der Waals surface area contributed by atoms with Crippen molar-refractivity contribution in [3.8, 4) is 11.5 Å². The molecule has 9 atom stereocenters. The number of amides is 2. The molecule has 0 aromatic heterocycles. The summed E-state index contributed by atoms with van der Waals surface area (Å²) in [6, 6.07) is 5.73. The lowest BCUT2D eigenvalue weighted by molar-refractivity contribution is -0.141. The van der Waals surface area contributed by atoms with E-state index in [-0.39, 0.29) is 23.1 Å². The molecule has 0 aliphatic heterocycles. The average molecular weight is 639 g/mol. The second-order valence-electron chi connectivity index (χ2n) is 15.7. The van der Waals surface area contributed by atoms with Crippen LogP contribution in [0.15, 0.2) is 18.2 Å². The fourth-order valence-electron chi connectivity index (χ4n) is 10.6. The number of ether oxygens (including phenoxy) is 2. The Bertz CT molecular complexity index is 1210. The summed E-state index contributed by atoms with van der Waals surface area (Å²) in [4.78, 5) is 34.6. The summed E-state index contributed by atoms with van der Waals surface area (Å²) in [6.45, 7) is 8.13. The third-order valence-corrected chi connectivity index (χ3v) is 13.1. The van der Waals surface area contributed by atoms with Crippen molar-refractivity contribution in [2.75, 3.05) is 13.2 Å². The maximum atomic E-state index is 12.3. The van der Waals surface area contributed by atoms with Gasteiger partial charge in [-0.1, -0.05) is 20.8 Å². The molecule has 0 spiro atoms. The zero-order valence-electron chi connectivity index (χ0n) is 28.4. The normalized spacial score (nSPS) is 33.3. The van der Waals surface area contributed by atoms with Gasteiger partial charge in [-0.05, 0) is 135 Å². The van der Waals surface area contributed by atoms with E-state index in [2.05, 4.69) is 20.8 Å². The van der Waals surface area contributed by atoms with E-state index in [0.29, 0.717) is 92.2 Å². The summed E-state index contributed by atoms with van der Waals surface area (Å²) in [7, 11) is 0. The smallest absolute Gasteiger partial charge is 0.217 e. The number of aliphatic hydroxyl groups is 1. The van der Waals surface area contributed by atoms with Crippen LogP contribution in [0.1, 0.15) is 129 Å². The van der Waals surface area contributed by atoms with Crippen molar-refractivity contribution in [1.29, 1.82) is 0 Å². The highest BCUT2D eigenvalue weighted by atomic mass is 16.5. The number of benzene rings is 1. The van der Waals surface area contributed by atoms with Gasteiger partial charge in [0.25, 0.3) is 0 Å². The molecule has 4 unspecified atom stereocenters. The first-order chi connectivity index (χ1) is 21.9. The van der Waals surface area contributed by atoms with Crippen molar-refractivity contribution in [3.05, 3.63) is 23.8 Å². The van der Waals surface area contributed by atoms with Crippen molar-refractivity contribution in [1.82, 2.24) is 0 Å². The Hall–Kier alpha value is -2.61. The second kappa shape index (κ2) is 14.7. The van der Waals surface area contributed by atoms with E-state index in [0.717, 1.165) is 43.1 Å². The molecule has 256 valence electrons. The lowest BCUT2D eigenvalue weighted by Gasteiger charge is -2.60. The summed E-state index contributed by atoms with van der Waals surface area (Å²) in [5.41, 5.74) is 11.9. The van der Waals surface area contributed by atoms with Gasteiger partial charge in [-0.3, -0.25) is 14.4 Å². The Labute approximate surface area is 275 Å². The summed E-state index contributed by atoms with van der Waals surface area (Å²) >= 11 is 0. The fourth-order valence-corrected chi connectivity index (χ4v) is 10.6. The van der Waals surface area contributed by atoms with Crippen LogP contribution in [0.2, 0.25) is 0 Å². The number of carbonyl (C=O) groups excluding carboxylic acids is 3. The van der Waals surface area contributed by atoms with Crippen LogP contribution in [0.25, 0.3) is 0 Å². The predicted molar refractivity (Wildman–Crippen MR) is 178 cm³/mol. The number of primary amides is 2. The standard InChI is InChI=1S/C38H58N2O6/c1-24(31-12-13-32-30-11-10-26-22-27(41)14-16-37(26,2)33(30)15-17-38(31,32)3)36(44)25-20-28(45-18-6-4-8-34(39)42)23-29(21-25)46-19-7-5-9-35(40)43/h20-21,23-24,26,30-33,36,44H,4-19,22H2,1-3H3,(H2,39,42)(H2,40,43)/t24?,26?,30-,31?,32-,33+,36?,37-,38+/m0/s1. The quantitative estimate of drug-likeness (QED) is 0.184. The molecule has 46 heavy (non-hydrogen) atoms. The van der Waals surface area contributed by atoms with Crippen LogP contribution in [0.3, 0.4) is 0 Å². The van der Waals surface area contributed by atoms with Crippen molar-refractivity contribution >= 4 is 17.6 Å². The van der Waals surface area contributed by atoms with E-state index < -0.39 is 6.10 Å². The summed E-state index contributed by atoms with van der Waals surface area (Å²) < 4.78 is 12.2. The number of unbranched alkanes of at least 4 members (excludes halogenated alkanes) is 2. The van der Waals surface area contributed by atoms with Gasteiger partial charge < -0.3 is 26.0 Å². The minimum absolute atomic E-state index is 0.0695. The lowest BCUT2D eigenvalue weighted by Crippen LogP contribution is -2.54. The third-order valence-electron chi connectivity index (χ3n) is 13.1. The Morgan fingerprint density at radius 1 is 0.848 bits per heavy atom. The second-order valence-corrected chi connectivity index (χ2v) is 15.7. The number of hydrogen-bond acceptors (Lipinski definition) is 6. The first-order valence-corrected chi connectivity index (χ1v) is 18.1. The number of rotatable bonds is 15. The van der Waals surface area contributed by atoms with Crippen LogP contribution in [0.5, 0.6) is 11.5 Å². The lowest BCUT2D eigenvalue weighted by atomic mass is 9.44. The van der Waals surface area contributed by atoms with Gasteiger partial charge in [-0.25, -0.2) is 0 Å². The molecule has 0 heterocycles. The van der Waals surface area contributed by atoms with Gasteiger partial charge >= 0.3 is 0 Å². The van der Waals surface area contributed by atoms with E-state index in [9.17, 15) is 19.5 Å². The van der Waals surface area contributed by atoms with Crippen LogP contribution >= 0.6 is 0 Å². The monoisotopic (exact) mass is 638 g/mol. The van der Waals surface area contributed by atoms with Crippen LogP contribution < -0.4 is 20.9 Å². The van der Waals surface area contributed by atoms with Crippen molar-refractivity contribution in [2.24, 2.45) is 57.8 Å². The largest absolute Gasteiger partial charge is 0.493 e. The average Bonchev–Trinajstić information content (AvgIpc) is 3.37. The maximum absolute atomic E-state index is 12.3. The Morgan fingerprint density at radius 3 is 2.07 bits per heavy atom. The van der Waals surface area contributed by atoms with E-state index in [1.165, 1.54) is 32.1 Å². The number of hydrogen-bond donors (Lipinski definition) is 3. The van der Waals surface area contributed by atoms with Gasteiger partial charge in [0, 0.05) is 31.7 Å². The molecule has 4 saturated carbocycles. The van der Waals surface area contributed by atoms with Crippen LogP contribution in [-0.4, -0.2) is 35.9 Å². The van der Waals surface area contributed by atoms with E-state index in [1.807, 2.05) is 18.2 Å². The van der Waals surface area contributed by atoms with Gasteiger partial charge in [-0.2, -0.15) is 0 Å². The molecule has 0 bridgehead atoms. The highest BCUT2D eigenvalue weighted by molar-refractivity contribution is 5.79. The van der Waals surface area contributed by atoms with Gasteiger partial charge in [0.1, 0.15) is 17.3 Å². The number of fused-ring (bicyclic) bond motifs is 5. The molecule has 8 nitrogen and oxygen atoms in total. The zero-order chi connectivity index (χ0) is 33.1. The molecule has 4 aliphatic rings. The SMILES string of the molecule is CC(C(O)c1cc(OCCCCC(N)=O)cc(OCCCCC(N)=O)c1)C1CC[C@H]2[C@@H]3CCC4CC(=O)CC[C@]4(C)[C@@H]3CC[C@]12C. The highest BCUT2D eigenvalue weighted by Gasteiger charge is 2.61. The topological polar surface area (TPSA) is 142 Å². The maximum Gasteiger partial charge on any atom is 0.217 e. The molecule has 2 amide bonds. The first-order valence-electron chi connectivity index (χ1n) is 18.1. The number of carbonyl (C=O) groups is 3. The van der Waals surface area contributed by atoms with Crippen LogP contribution in [-0.2, 0) is 14.4 Å². The van der Waals surface area contributed by atoms with Crippen LogP contribution in [0, 0.1) is 46.3 Å². The Kier molecular flexibility index (Phi) is 11.1. The third kappa shape index (κ3) is 7.42. The zero-order valence-corrected chi connectivity index (χ0v) is 28.4. The number of ketones is 1.